The standard InChI is InChI=1S/C14H20O10/c1-6(15)20-5-10(21-7(2)16)11-12(22-8(3)17)13(14(19)24-11)23-9(4)18/h10-14,19H,5H2,1-4H3/t10-,11?,12?,13?,14?/m1/s1. The monoisotopic (exact) mass is 348 g/mol. The zero-order chi connectivity index (χ0) is 18.4. The van der Waals surface area contributed by atoms with E-state index in [4.69, 9.17) is 23.7 Å². The lowest BCUT2D eigenvalue weighted by atomic mass is 10.1. The first-order valence-corrected chi connectivity index (χ1v) is 7.10. The van der Waals surface area contributed by atoms with Crippen molar-refractivity contribution in [1.29, 1.82) is 0 Å². The molecular formula is C14H20O10. The van der Waals surface area contributed by atoms with Gasteiger partial charge in [0.2, 0.25) is 0 Å². The van der Waals surface area contributed by atoms with Crippen LogP contribution in [-0.4, -0.2) is 66.3 Å². The minimum absolute atomic E-state index is 0.392. The largest absolute Gasteiger partial charge is 0.462 e. The van der Waals surface area contributed by atoms with E-state index in [1.54, 1.807) is 0 Å². The fourth-order valence-corrected chi connectivity index (χ4v) is 2.22. The van der Waals surface area contributed by atoms with E-state index in [9.17, 15) is 24.3 Å². The number of carbonyl (C=O) groups excluding carboxylic acids is 4. The lowest BCUT2D eigenvalue weighted by Crippen LogP contribution is -2.46. The van der Waals surface area contributed by atoms with Gasteiger partial charge in [0.05, 0.1) is 0 Å². The third-order valence-electron chi connectivity index (χ3n) is 2.96. The molecule has 1 fully saturated rings. The first-order valence-electron chi connectivity index (χ1n) is 7.10. The lowest BCUT2D eigenvalue weighted by molar-refractivity contribution is -0.184. The molecule has 1 heterocycles. The molecule has 0 aliphatic carbocycles. The Labute approximate surface area is 137 Å². The van der Waals surface area contributed by atoms with Crippen molar-refractivity contribution in [2.75, 3.05) is 6.61 Å². The molecular weight excluding hydrogens is 328 g/mol. The highest BCUT2D eigenvalue weighted by Crippen LogP contribution is 2.29. The summed E-state index contributed by atoms with van der Waals surface area (Å²) in [4.78, 5) is 44.7. The molecule has 1 N–H and O–H groups in total. The van der Waals surface area contributed by atoms with Crippen LogP contribution in [0.4, 0.5) is 0 Å². The number of aliphatic hydroxyl groups is 1. The van der Waals surface area contributed by atoms with Crippen molar-refractivity contribution in [3.8, 4) is 0 Å². The predicted octanol–water partition coefficient (Wildman–Crippen LogP) is -0.938. The Bertz CT molecular complexity index is 502. The Morgan fingerprint density at radius 3 is 1.92 bits per heavy atom. The molecule has 0 aromatic rings. The van der Waals surface area contributed by atoms with E-state index >= 15 is 0 Å². The average molecular weight is 348 g/mol. The number of rotatable bonds is 6. The maximum absolute atomic E-state index is 11.3. The van der Waals surface area contributed by atoms with Gasteiger partial charge < -0.3 is 28.8 Å². The Hall–Kier alpha value is -2.20. The van der Waals surface area contributed by atoms with Crippen molar-refractivity contribution in [2.24, 2.45) is 0 Å². The zero-order valence-corrected chi connectivity index (χ0v) is 13.7. The highest BCUT2D eigenvalue weighted by Gasteiger charge is 2.52. The number of aliphatic hydroxyl groups excluding tert-OH is 1. The third-order valence-corrected chi connectivity index (χ3v) is 2.96. The molecule has 0 bridgehead atoms. The first kappa shape index (κ1) is 19.8. The van der Waals surface area contributed by atoms with Crippen molar-refractivity contribution < 1.29 is 48.0 Å². The van der Waals surface area contributed by atoms with E-state index in [0.29, 0.717) is 0 Å². The maximum atomic E-state index is 11.3. The highest BCUT2D eigenvalue weighted by molar-refractivity contribution is 5.68. The second-order valence-corrected chi connectivity index (χ2v) is 5.09. The van der Waals surface area contributed by atoms with E-state index < -0.39 is 61.2 Å². The van der Waals surface area contributed by atoms with Crippen LogP contribution in [-0.2, 0) is 42.9 Å². The minimum Gasteiger partial charge on any atom is -0.462 e. The van der Waals surface area contributed by atoms with Gasteiger partial charge in [-0.15, -0.1) is 0 Å². The van der Waals surface area contributed by atoms with E-state index in [0.717, 1.165) is 27.7 Å². The zero-order valence-electron chi connectivity index (χ0n) is 13.7. The van der Waals surface area contributed by atoms with Crippen LogP contribution in [0.1, 0.15) is 27.7 Å². The Kier molecular flexibility index (Phi) is 7.11. The van der Waals surface area contributed by atoms with Crippen LogP contribution in [0.5, 0.6) is 0 Å². The fraction of sp³-hybridized carbons (Fsp3) is 0.714. The molecule has 10 nitrogen and oxygen atoms in total. The van der Waals surface area contributed by atoms with Crippen LogP contribution >= 0.6 is 0 Å². The summed E-state index contributed by atoms with van der Waals surface area (Å²) in [5.41, 5.74) is 0. The molecule has 5 atom stereocenters. The number of hydrogen-bond acceptors (Lipinski definition) is 10. The van der Waals surface area contributed by atoms with Crippen LogP contribution in [0, 0.1) is 0 Å². The average Bonchev–Trinajstić information content (AvgIpc) is 2.70. The van der Waals surface area contributed by atoms with Crippen LogP contribution < -0.4 is 0 Å². The Morgan fingerprint density at radius 2 is 1.46 bits per heavy atom. The van der Waals surface area contributed by atoms with Crippen LogP contribution in [0.3, 0.4) is 0 Å². The van der Waals surface area contributed by atoms with Crippen molar-refractivity contribution in [3.63, 3.8) is 0 Å². The molecule has 0 spiro atoms. The van der Waals surface area contributed by atoms with Crippen molar-refractivity contribution in [3.05, 3.63) is 0 Å². The minimum atomic E-state index is -1.61. The summed E-state index contributed by atoms with van der Waals surface area (Å²) in [6, 6.07) is 0. The van der Waals surface area contributed by atoms with Gasteiger partial charge in [-0.05, 0) is 0 Å². The van der Waals surface area contributed by atoms with Gasteiger partial charge in [-0.3, -0.25) is 19.2 Å². The van der Waals surface area contributed by atoms with E-state index in [2.05, 4.69) is 0 Å². The van der Waals surface area contributed by atoms with Crippen LogP contribution in [0.2, 0.25) is 0 Å². The lowest BCUT2D eigenvalue weighted by Gasteiger charge is -2.27. The molecule has 136 valence electrons. The number of esters is 4. The molecule has 0 saturated carbocycles. The summed E-state index contributed by atoms with van der Waals surface area (Å²) >= 11 is 0. The molecule has 4 unspecified atom stereocenters. The molecule has 0 aromatic carbocycles. The normalized spacial score (nSPS) is 27.0. The van der Waals surface area contributed by atoms with Crippen LogP contribution in [0.15, 0.2) is 0 Å². The highest BCUT2D eigenvalue weighted by atomic mass is 16.7. The Balaban J connectivity index is 3.03. The van der Waals surface area contributed by atoms with Crippen molar-refractivity contribution >= 4 is 23.9 Å². The van der Waals surface area contributed by atoms with Gasteiger partial charge in [0.25, 0.3) is 0 Å². The van der Waals surface area contributed by atoms with Crippen molar-refractivity contribution in [2.45, 2.75) is 58.4 Å². The topological polar surface area (TPSA) is 135 Å². The predicted molar refractivity (Wildman–Crippen MR) is 74.2 cm³/mol. The van der Waals surface area contributed by atoms with Gasteiger partial charge in [-0.1, -0.05) is 0 Å². The second-order valence-electron chi connectivity index (χ2n) is 5.09. The van der Waals surface area contributed by atoms with E-state index in [1.807, 2.05) is 0 Å². The van der Waals surface area contributed by atoms with Gasteiger partial charge >= 0.3 is 23.9 Å². The summed E-state index contributed by atoms with van der Waals surface area (Å²) in [5, 5.41) is 9.91. The smallest absolute Gasteiger partial charge is 0.303 e. The summed E-state index contributed by atoms with van der Waals surface area (Å²) in [6.07, 6.45) is -6.55. The second kappa shape index (κ2) is 8.60. The Morgan fingerprint density at radius 1 is 0.917 bits per heavy atom. The number of carbonyl (C=O) groups is 4. The van der Waals surface area contributed by atoms with Crippen LogP contribution in [0.25, 0.3) is 0 Å². The summed E-state index contributed by atoms with van der Waals surface area (Å²) in [5.74, 6) is -2.80. The first-order chi connectivity index (χ1) is 11.1. The molecule has 24 heavy (non-hydrogen) atoms. The molecule has 1 saturated heterocycles. The molecule has 1 aliphatic rings. The summed E-state index contributed by atoms with van der Waals surface area (Å²) < 4.78 is 25.0. The number of ether oxygens (including phenoxy) is 5. The van der Waals surface area contributed by atoms with Gasteiger partial charge in [0.1, 0.15) is 12.7 Å². The SMILES string of the molecule is CC(=O)OC[C@@H](OC(C)=O)C1OC(O)C(OC(C)=O)C1OC(C)=O. The molecule has 0 amide bonds. The summed E-state index contributed by atoms with van der Waals surface area (Å²) in [7, 11) is 0. The van der Waals surface area contributed by atoms with Gasteiger partial charge in [0.15, 0.2) is 24.6 Å². The third kappa shape index (κ3) is 5.78. The van der Waals surface area contributed by atoms with Crippen molar-refractivity contribution in [1.82, 2.24) is 0 Å². The van der Waals surface area contributed by atoms with E-state index in [1.165, 1.54) is 0 Å². The molecule has 1 rings (SSSR count). The molecule has 0 radical (unpaired) electrons. The van der Waals surface area contributed by atoms with E-state index in [-0.39, 0.29) is 0 Å². The molecule has 10 heteroatoms. The quantitative estimate of drug-likeness (QED) is 0.473. The van der Waals surface area contributed by atoms with Gasteiger partial charge in [-0.2, -0.15) is 0 Å². The maximum Gasteiger partial charge on any atom is 0.303 e. The fourth-order valence-electron chi connectivity index (χ4n) is 2.22. The summed E-state index contributed by atoms with van der Waals surface area (Å²) in [6.45, 7) is 4.10. The van der Waals surface area contributed by atoms with Gasteiger partial charge in [-0.25, -0.2) is 0 Å². The molecule has 0 aromatic heterocycles. The molecule has 1 aliphatic heterocycles. The van der Waals surface area contributed by atoms with Gasteiger partial charge in [0, 0.05) is 27.7 Å². The number of hydrogen-bond donors (Lipinski definition) is 1.